The van der Waals surface area contributed by atoms with Crippen molar-refractivity contribution >= 4 is 12.3 Å². The Morgan fingerprint density at radius 2 is 1.61 bits per heavy atom. The average molecular weight is 260 g/mol. The minimum absolute atomic E-state index is 0.00482. The smallest absolute Gasteiger partial charge is 0.430 e. The maximum atomic E-state index is 11.0. The van der Waals surface area contributed by atoms with Gasteiger partial charge in [0.1, 0.15) is 19.8 Å². The lowest BCUT2D eigenvalue weighted by Crippen LogP contribution is -2.29. The molecule has 0 aromatic rings. The number of carbonyl (C=O) groups excluding carboxylic acids is 2. The van der Waals surface area contributed by atoms with Crippen LogP contribution in [0.3, 0.4) is 0 Å². The molecule has 0 fully saturated rings. The molecule has 18 heavy (non-hydrogen) atoms. The van der Waals surface area contributed by atoms with Gasteiger partial charge in [0.05, 0.1) is 6.61 Å². The molecule has 1 N–H and O–H groups in total. The van der Waals surface area contributed by atoms with E-state index in [0.29, 0.717) is 0 Å². The van der Waals surface area contributed by atoms with Crippen molar-refractivity contribution in [3.8, 4) is 0 Å². The summed E-state index contributed by atoms with van der Waals surface area (Å²) in [7, 11) is 0. The third-order valence-corrected chi connectivity index (χ3v) is 1.49. The van der Waals surface area contributed by atoms with Gasteiger partial charge in [-0.2, -0.15) is 0 Å². The van der Waals surface area contributed by atoms with Gasteiger partial charge in [-0.25, -0.2) is 9.59 Å². The van der Waals surface area contributed by atoms with Crippen LogP contribution in [-0.4, -0.2) is 49.9 Å². The van der Waals surface area contributed by atoms with Gasteiger partial charge in [-0.05, 0) is 0 Å². The number of ether oxygens (including phenoxy) is 4. The lowest BCUT2D eigenvalue weighted by Gasteiger charge is -2.14. The highest BCUT2D eigenvalue weighted by molar-refractivity contribution is 5.61. The molecule has 0 rings (SSSR count). The average Bonchev–Trinajstić information content (AvgIpc) is 2.38. The van der Waals surface area contributed by atoms with Crippen LogP contribution in [0, 0.1) is 0 Å². The first kappa shape index (κ1) is 16.0. The van der Waals surface area contributed by atoms with Crippen LogP contribution < -0.4 is 0 Å². The maximum absolute atomic E-state index is 11.0. The van der Waals surface area contributed by atoms with Crippen LogP contribution in [0.2, 0.25) is 0 Å². The Bertz CT molecular complexity index is 287. The van der Waals surface area contributed by atoms with E-state index in [0.717, 1.165) is 0 Å². The second-order valence-corrected chi connectivity index (χ2v) is 2.93. The summed E-state index contributed by atoms with van der Waals surface area (Å²) in [5.74, 6) is 0. The molecule has 7 heteroatoms. The molecular formula is C11H16O7. The fourth-order valence-electron chi connectivity index (χ4n) is 0.751. The largest absolute Gasteiger partial charge is 0.509 e. The molecule has 0 heterocycles. The van der Waals surface area contributed by atoms with E-state index in [4.69, 9.17) is 5.11 Å². The van der Waals surface area contributed by atoms with Crippen LogP contribution in [0.5, 0.6) is 0 Å². The molecule has 0 aromatic heterocycles. The van der Waals surface area contributed by atoms with E-state index in [2.05, 4.69) is 32.1 Å². The van der Waals surface area contributed by atoms with Crippen molar-refractivity contribution in [1.82, 2.24) is 0 Å². The zero-order valence-electron chi connectivity index (χ0n) is 9.87. The molecule has 0 aliphatic carbocycles. The molecular weight excluding hydrogens is 244 g/mol. The van der Waals surface area contributed by atoms with E-state index in [1.54, 1.807) is 0 Å². The number of aliphatic hydroxyl groups excluding tert-OH is 1. The molecule has 0 aromatic carbocycles. The van der Waals surface area contributed by atoms with Gasteiger partial charge in [-0.1, -0.05) is 25.3 Å². The summed E-state index contributed by atoms with van der Waals surface area (Å²) in [5, 5.41) is 8.89. The third-order valence-electron chi connectivity index (χ3n) is 1.49. The zero-order chi connectivity index (χ0) is 13.8. The summed E-state index contributed by atoms with van der Waals surface area (Å²) < 4.78 is 18.3. The first-order valence-electron chi connectivity index (χ1n) is 5.09. The molecule has 7 nitrogen and oxygen atoms in total. The van der Waals surface area contributed by atoms with Crippen LogP contribution in [-0.2, 0) is 18.9 Å². The van der Waals surface area contributed by atoms with Crippen molar-refractivity contribution in [2.45, 2.75) is 6.10 Å². The third kappa shape index (κ3) is 8.17. The van der Waals surface area contributed by atoms with Gasteiger partial charge in [-0.3, -0.25) is 0 Å². The fourth-order valence-corrected chi connectivity index (χ4v) is 0.751. The number of carbonyl (C=O) groups is 2. The van der Waals surface area contributed by atoms with Gasteiger partial charge in [0, 0.05) is 0 Å². The van der Waals surface area contributed by atoms with Crippen LogP contribution >= 0.6 is 0 Å². The van der Waals surface area contributed by atoms with Crippen molar-refractivity contribution in [1.29, 1.82) is 0 Å². The first-order valence-corrected chi connectivity index (χ1v) is 5.09. The molecule has 0 saturated carbocycles. The number of hydrogen-bond donors (Lipinski definition) is 1. The molecule has 102 valence electrons. The standard InChI is InChI=1S/C11H16O7/c1-3-5-15-10(13)17-8-9(7-12)18-11(14)16-6-4-2/h3-4,9,12H,1-2,5-8H2. The highest BCUT2D eigenvalue weighted by Gasteiger charge is 2.17. The van der Waals surface area contributed by atoms with Crippen molar-refractivity contribution in [2.24, 2.45) is 0 Å². The topological polar surface area (TPSA) is 91.3 Å². The summed E-state index contributed by atoms with van der Waals surface area (Å²) in [5.41, 5.74) is 0. The Balaban J connectivity index is 3.88. The van der Waals surface area contributed by atoms with Gasteiger partial charge in [0.15, 0.2) is 6.10 Å². The van der Waals surface area contributed by atoms with Crippen LogP contribution in [0.25, 0.3) is 0 Å². The molecule has 0 bridgehead atoms. The Kier molecular flexibility index (Phi) is 9.01. The molecule has 0 saturated heterocycles. The van der Waals surface area contributed by atoms with E-state index in [-0.39, 0.29) is 19.8 Å². The second kappa shape index (κ2) is 10.2. The molecule has 0 radical (unpaired) electrons. The summed E-state index contributed by atoms with van der Waals surface area (Å²) >= 11 is 0. The minimum Gasteiger partial charge on any atom is -0.430 e. The van der Waals surface area contributed by atoms with Crippen LogP contribution in [0.4, 0.5) is 9.59 Å². The van der Waals surface area contributed by atoms with Gasteiger partial charge in [-0.15, -0.1) is 0 Å². The Hall–Kier alpha value is -2.02. The summed E-state index contributed by atoms with van der Waals surface area (Å²) in [6, 6.07) is 0. The highest BCUT2D eigenvalue weighted by atomic mass is 16.8. The van der Waals surface area contributed by atoms with E-state index >= 15 is 0 Å². The predicted molar refractivity (Wildman–Crippen MR) is 61.0 cm³/mol. The molecule has 1 unspecified atom stereocenters. The number of hydrogen-bond acceptors (Lipinski definition) is 7. The molecule has 1 atom stereocenters. The lowest BCUT2D eigenvalue weighted by molar-refractivity contribution is -0.0304. The van der Waals surface area contributed by atoms with Crippen molar-refractivity contribution in [3.63, 3.8) is 0 Å². The molecule has 0 aliphatic rings. The summed E-state index contributed by atoms with van der Waals surface area (Å²) in [6.07, 6.45) is -0.223. The Morgan fingerprint density at radius 1 is 1.06 bits per heavy atom. The van der Waals surface area contributed by atoms with E-state index in [9.17, 15) is 9.59 Å². The SMILES string of the molecule is C=CCOC(=O)OCC(CO)OC(=O)OCC=C. The van der Waals surface area contributed by atoms with Crippen molar-refractivity contribution in [2.75, 3.05) is 26.4 Å². The Labute approximate surface area is 105 Å². The second-order valence-electron chi connectivity index (χ2n) is 2.93. The quantitative estimate of drug-likeness (QED) is 0.514. The first-order chi connectivity index (χ1) is 8.63. The van der Waals surface area contributed by atoms with Gasteiger partial charge in [0.25, 0.3) is 0 Å². The normalized spacial score (nSPS) is 10.9. The van der Waals surface area contributed by atoms with Crippen molar-refractivity contribution < 1.29 is 33.6 Å². The monoisotopic (exact) mass is 260 g/mol. The van der Waals surface area contributed by atoms with Crippen molar-refractivity contribution in [3.05, 3.63) is 25.3 Å². The Morgan fingerprint density at radius 3 is 2.11 bits per heavy atom. The summed E-state index contributed by atoms with van der Waals surface area (Å²) in [4.78, 5) is 21.9. The summed E-state index contributed by atoms with van der Waals surface area (Å²) in [6.45, 7) is 5.83. The predicted octanol–water partition coefficient (Wildman–Crippen LogP) is 1.03. The molecule has 0 spiro atoms. The van der Waals surface area contributed by atoms with E-state index in [1.165, 1.54) is 12.2 Å². The highest BCUT2D eigenvalue weighted by Crippen LogP contribution is 1.98. The minimum atomic E-state index is -1.02. The van der Waals surface area contributed by atoms with Crippen LogP contribution in [0.1, 0.15) is 0 Å². The van der Waals surface area contributed by atoms with Gasteiger partial charge >= 0.3 is 12.3 Å². The van der Waals surface area contributed by atoms with Crippen LogP contribution in [0.15, 0.2) is 25.3 Å². The number of aliphatic hydroxyl groups is 1. The van der Waals surface area contributed by atoms with Gasteiger partial charge < -0.3 is 24.1 Å². The van der Waals surface area contributed by atoms with Gasteiger partial charge in [0.2, 0.25) is 0 Å². The van der Waals surface area contributed by atoms with E-state index in [1.807, 2.05) is 0 Å². The maximum Gasteiger partial charge on any atom is 0.509 e. The zero-order valence-corrected chi connectivity index (χ0v) is 9.87. The fraction of sp³-hybridized carbons (Fsp3) is 0.455. The lowest BCUT2D eigenvalue weighted by atomic mass is 10.4. The van der Waals surface area contributed by atoms with E-state index < -0.39 is 25.0 Å². The number of rotatable bonds is 8. The molecule has 0 amide bonds. The molecule has 0 aliphatic heterocycles.